The molecule has 1 aliphatic rings. The van der Waals surface area contributed by atoms with Gasteiger partial charge in [-0.25, -0.2) is 0 Å². The lowest BCUT2D eigenvalue weighted by Crippen LogP contribution is -2.32. The molecule has 1 aromatic carbocycles. The zero-order chi connectivity index (χ0) is 13.7. The second-order valence-corrected chi connectivity index (χ2v) is 4.98. The monoisotopic (exact) mass is 260 g/mol. The van der Waals surface area contributed by atoms with Gasteiger partial charge >= 0.3 is 0 Å². The molecular formula is C16H20O3. The van der Waals surface area contributed by atoms with Crippen molar-refractivity contribution in [3.05, 3.63) is 35.9 Å². The molecule has 0 N–H and O–H groups in total. The summed E-state index contributed by atoms with van der Waals surface area (Å²) < 4.78 is 17.2. The fraction of sp³-hybridized carbons (Fsp3) is 0.500. The van der Waals surface area contributed by atoms with E-state index >= 15 is 0 Å². The van der Waals surface area contributed by atoms with Crippen molar-refractivity contribution in [2.45, 2.75) is 45.4 Å². The normalized spacial score (nSPS) is 22.6. The van der Waals surface area contributed by atoms with Crippen LogP contribution in [0, 0.1) is 11.8 Å². The van der Waals surface area contributed by atoms with E-state index in [-0.39, 0.29) is 12.2 Å². The second-order valence-electron chi connectivity index (χ2n) is 4.98. The molecule has 102 valence electrons. The van der Waals surface area contributed by atoms with E-state index < -0.39 is 5.79 Å². The molecule has 2 atom stereocenters. The van der Waals surface area contributed by atoms with Crippen molar-refractivity contribution in [1.29, 1.82) is 0 Å². The molecule has 3 nitrogen and oxygen atoms in total. The number of hydrogen-bond acceptors (Lipinski definition) is 3. The lowest BCUT2D eigenvalue weighted by atomic mass is 10.2. The Labute approximate surface area is 114 Å². The molecule has 19 heavy (non-hydrogen) atoms. The molecule has 1 saturated heterocycles. The van der Waals surface area contributed by atoms with Crippen LogP contribution in [0.25, 0.3) is 0 Å². The molecule has 0 aliphatic carbocycles. The highest BCUT2D eigenvalue weighted by atomic mass is 16.7. The van der Waals surface area contributed by atoms with Crippen molar-refractivity contribution >= 4 is 0 Å². The van der Waals surface area contributed by atoms with E-state index in [2.05, 4.69) is 11.8 Å². The summed E-state index contributed by atoms with van der Waals surface area (Å²) >= 11 is 0. The molecule has 0 saturated carbocycles. The fourth-order valence-electron chi connectivity index (χ4n) is 2.01. The van der Waals surface area contributed by atoms with Crippen LogP contribution in [0.3, 0.4) is 0 Å². The molecular weight excluding hydrogens is 240 g/mol. The SMILES string of the molecule is CC#C[C@@H](OCc1ccccc1)[C@H]1COC(C)(C)O1. The van der Waals surface area contributed by atoms with Gasteiger partial charge in [0.1, 0.15) is 12.2 Å². The topological polar surface area (TPSA) is 27.7 Å². The summed E-state index contributed by atoms with van der Waals surface area (Å²) in [6.45, 7) is 6.66. The molecule has 1 aliphatic heterocycles. The Balaban J connectivity index is 1.95. The zero-order valence-corrected chi connectivity index (χ0v) is 11.7. The number of ether oxygens (including phenoxy) is 3. The smallest absolute Gasteiger partial charge is 0.163 e. The predicted octanol–water partition coefficient (Wildman–Crippen LogP) is 2.75. The summed E-state index contributed by atoms with van der Waals surface area (Å²) in [5, 5.41) is 0. The standard InChI is InChI=1S/C16H20O3/c1-4-8-14(15-12-18-16(2,3)19-15)17-11-13-9-6-5-7-10-13/h5-7,9-10,14-15H,11-12H2,1-3H3/t14-,15-/m1/s1. The third-order valence-corrected chi connectivity index (χ3v) is 2.93. The van der Waals surface area contributed by atoms with Gasteiger partial charge in [-0.1, -0.05) is 36.3 Å². The van der Waals surface area contributed by atoms with Crippen LogP contribution in [0.2, 0.25) is 0 Å². The Morgan fingerprint density at radius 3 is 2.68 bits per heavy atom. The van der Waals surface area contributed by atoms with Crippen LogP contribution in [0.1, 0.15) is 26.3 Å². The van der Waals surface area contributed by atoms with Crippen molar-refractivity contribution in [3.8, 4) is 11.8 Å². The van der Waals surface area contributed by atoms with Gasteiger partial charge in [-0.2, -0.15) is 0 Å². The first-order valence-corrected chi connectivity index (χ1v) is 6.50. The highest BCUT2D eigenvalue weighted by Crippen LogP contribution is 2.25. The lowest BCUT2D eigenvalue weighted by molar-refractivity contribution is -0.151. The van der Waals surface area contributed by atoms with Gasteiger partial charge in [0, 0.05) is 0 Å². The minimum atomic E-state index is -0.547. The third kappa shape index (κ3) is 4.07. The molecule has 1 heterocycles. The van der Waals surface area contributed by atoms with Crippen molar-refractivity contribution in [2.75, 3.05) is 6.61 Å². The van der Waals surface area contributed by atoms with Crippen LogP contribution in [0.4, 0.5) is 0 Å². The van der Waals surface area contributed by atoms with Gasteiger partial charge in [-0.3, -0.25) is 0 Å². The number of benzene rings is 1. The summed E-state index contributed by atoms with van der Waals surface area (Å²) in [6.07, 6.45) is -0.391. The fourth-order valence-corrected chi connectivity index (χ4v) is 2.01. The summed E-state index contributed by atoms with van der Waals surface area (Å²) in [5.41, 5.74) is 1.13. The van der Waals surface area contributed by atoms with Gasteiger partial charge in [0.2, 0.25) is 0 Å². The van der Waals surface area contributed by atoms with Gasteiger partial charge in [-0.15, -0.1) is 5.92 Å². The first-order chi connectivity index (χ1) is 9.11. The van der Waals surface area contributed by atoms with Crippen LogP contribution >= 0.6 is 0 Å². The predicted molar refractivity (Wildman–Crippen MR) is 73.4 cm³/mol. The Kier molecular flexibility index (Phi) is 4.60. The van der Waals surface area contributed by atoms with Crippen molar-refractivity contribution in [2.24, 2.45) is 0 Å². The van der Waals surface area contributed by atoms with Gasteiger partial charge in [0.25, 0.3) is 0 Å². The highest BCUT2D eigenvalue weighted by Gasteiger charge is 2.37. The van der Waals surface area contributed by atoms with Crippen molar-refractivity contribution in [3.63, 3.8) is 0 Å². The van der Waals surface area contributed by atoms with Crippen LogP contribution in [-0.4, -0.2) is 24.6 Å². The molecule has 3 heteroatoms. The largest absolute Gasteiger partial charge is 0.358 e. The lowest BCUT2D eigenvalue weighted by Gasteiger charge is -2.21. The van der Waals surface area contributed by atoms with E-state index in [0.29, 0.717) is 13.2 Å². The molecule has 0 bridgehead atoms. The Hall–Kier alpha value is -1.34. The second kappa shape index (κ2) is 6.21. The first kappa shape index (κ1) is 14.1. The quantitative estimate of drug-likeness (QED) is 0.779. The first-order valence-electron chi connectivity index (χ1n) is 6.50. The van der Waals surface area contributed by atoms with E-state index in [9.17, 15) is 0 Å². The molecule has 1 fully saturated rings. The Morgan fingerprint density at radius 2 is 2.11 bits per heavy atom. The minimum Gasteiger partial charge on any atom is -0.358 e. The zero-order valence-electron chi connectivity index (χ0n) is 11.7. The van der Waals surface area contributed by atoms with Gasteiger partial charge in [0.15, 0.2) is 5.79 Å². The van der Waals surface area contributed by atoms with Crippen LogP contribution in [-0.2, 0) is 20.8 Å². The maximum absolute atomic E-state index is 5.87. The van der Waals surface area contributed by atoms with E-state index in [0.717, 1.165) is 5.56 Å². The van der Waals surface area contributed by atoms with Gasteiger partial charge < -0.3 is 14.2 Å². The van der Waals surface area contributed by atoms with Crippen LogP contribution < -0.4 is 0 Å². The summed E-state index contributed by atoms with van der Waals surface area (Å²) in [6, 6.07) is 10.1. The number of rotatable bonds is 4. The average molecular weight is 260 g/mol. The van der Waals surface area contributed by atoms with E-state index in [1.54, 1.807) is 6.92 Å². The molecule has 0 unspecified atom stereocenters. The minimum absolute atomic E-state index is 0.133. The molecule has 1 aromatic rings. The van der Waals surface area contributed by atoms with Gasteiger partial charge in [-0.05, 0) is 26.3 Å². The van der Waals surface area contributed by atoms with Crippen molar-refractivity contribution < 1.29 is 14.2 Å². The summed E-state index contributed by atoms with van der Waals surface area (Å²) in [4.78, 5) is 0. The third-order valence-electron chi connectivity index (χ3n) is 2.93. The molecule has 2 rings (SSSR count). The molecule has 0 amide bonds. The Bertz CT molecular complexity index is 456. The molecule has 0 aromatic heterocycles. The molecule has 0 radical (unpaired) electrons. The van der Waals surface area contributed by atoms with Crippen LogP contribution in [0.5, 0.6) is 0 Å². The summed E-state index contributed by atoms with van der Waals surface area (Å²) in [7, 11) is 0. The highest BCUT2D eigenvalue weighted by molar-refractivity contribution is 5.14. The van der Waals surface area contributed by atoms with Gasteiger partial charge in [0.05, 0.1) is 13.2 Å². The van der Waals surface area contributed by atoms with Crippen LogP contribution in [0.15, 0.2) is 30.3 Å². The Morgan fingerprint density at radius 1 is 1.37 bits per heavy atom. The maximum Gasteiger partial charge on any atom is 0.163 e. The van der Waals surface area contributed by atoms with Crippen molar-refractivity contribution in [1.82, 2.24) is 0 Å². The molecule has 0 spiro atoms. The summed E-state index contributed by atoms with van der Waals surface area (Å²) in [5.74, 6) is 5.41. The maximum atomic E-state index is 5.87. The van der Waals surface area contributed by atoms with E-state index in [1.165, 1.54) is 0 Å². The van der Waals surface area contributed by atoms with E-state index in [1.807, 2.05) is 44.2 Å². The van der Waals surface area contributed by atoms with E-state index in [4.69, 9.17) is 14.2 Å². The average Bonchev–Trinajstić information content (AvgIpc) is 2.76. The number of hydrogen-bond donors (Lipinski definition) is 0.